The van der Waals surface area contributed by atoms with E-state index in [0.717, 1.165) is 42.1 Å². The average molecular weight is 563 g/mol. The van der Waals surface area contributed by atoms with Crippen molar-refractivity contribution in [3.63, 3.8) is 0 Å². The molecule has 2 unspecified atom stereocenters. The number of aliphatic hydroxyl groups excluding tert-OH is 1. The fourth-order valence-corrected chi connectivity index (χ4v) is 8.99. The van der Waals surface area contributed by atoms with Gasteiger partial charge in [0.1, 0.15) is 6.04 Å². The quantitative estimate of drug-likeness (QED) is 0.229. The summed E-state index contributed by atoms with van der Waals surface area (Å²) in [5.41, 5.74) is 0.723. The van der Waals surface area contributed by atoms with Gasteiger partial charge in [-0.1, -0.05) is 42.5 Å². The van der Waals surface area contributed by atoms with Gasteiger partial charge in [-0.3, -0.25) is 14.4 Å². The summed E-state index contributed by atoms with van der Waals surface area (Å²) in [5.74, 6) is -2.04. The molecule has 40 heavy (non-hydrogen) atoms. The van der Waals surface area contributed by atoms with E-state index in [9.17, 15) is 19.5 Å². The van der Waals surface area contributed by atoms with E-state index in [1.54, 1.807) is 34.6 Å². The third kappa shape index (κ3) is 4.75. The van der Waals surface area contributed by atoms with Crippen LogP contribution in [0.4, 0.5) is 5.69 Å². The number of carbonyl (C=O) groups is 3. The molecule has 3 heterocycles. The van der Waals surface area contributed by atoms with Gasteiger partial charge in [0.15, 0.2) is 0 Å². The van der Waals surface area contributed by atoms with Crippen LogP contribution in [-0.2, 0) is 19.1 Å². The molecule has 2 amide bonds. The second-order valence-corrected chi connectivity index (χ2v) is 12.7. The van der Waals surface area contributed by atoms with Gasteiger partial charge in [0, 0.05) is 17.5 Å². The summed E-state index contributed by atoms with van der Waals surface area (Å²) in [4.78, 5) is 45.3. The van der Waals surface area contributed by atoms with Crippen LogP contribution in [0.3, 0.4) is 0 Å². The Morgan fingerprint density at radius 3 is 2.70 bits per heavy atom. The van der Waals surface area contributed by atoms with Crippen molar-refractivity contribution >= 4 is 46.0 Å². The third-order valence-corrected chi connectivity index (χ3v) is 10.6. The van der Waals surface area contributed by atoms with E-state index in [-0.39, 0.29) is 36.2 Å². The Bertz CT molecular complexity index is 1310. The first-order chi connectivity index (χ1) is 19.4. The van der Waals surface area contributed by atoms with Gasteiger partial charge in [0.2, 0.25) is 5.91 Å². The number of likely N-dealkylation sites (tertiary alicyclic amines) is 1. The van der Waals surface area contributed by atoms with Gasteiger partial charge in [-0.15, -0.1) is 24.9 Å². The Balaban J connectivity index is 1.48. The Morgan fingerprint density at radius 1 is 1.20 bits per heavy atom. The van der Waals surface area contributed by atoms with Gasteiger partial charge in [-0.25, -0.2) is 0 Å². The molecule has 0 aliphatic carbocycles. The number of esters is 1. The van der Waals surface area contributed by atoms with Crippen molar-refractivity contribution in [2.45, 2.75) is 61.1 Å². The Kier molecular flexibility index (Phi) is 8.38. The normalized spacial score (nSPS) is 27.4. The highest BCUT2D eigenvalue weighted by Gasteiger charge is 2.74. The second-order valence-electron chi connectivity index (χ2n) is 11.1. The average Bonchev–Trinajstić information content (AvgIpc) is 3.62. The number of nitrogens with zero attached hydrogens (tertiary/aromatic N) is 2. The number of rotatable bonds is 12. The summed E-state index contributed by atoms with van der Waals surface area (Å²) in [6.07, 6.45) is 7.42. The zero-order valence-corrected chi connectivity index (χ0v) is 23.9. The molecule has 2 aromatic rings. The van der Waals surface area contributed by atoms with Crippen LogP contribution in [0.25, 0.3) is 10.8 Å². The molecular weight excluding hydrogens is 524 g/mol. The lowest BCUT2D eigenvalue weighted by Crippen LogP contribution is -2.57. The number of thioether (sulfide) groups is 1. The fourth-order valence-electron chi connectivity index (χ4n) is 6.80. The highest BCUT2D eigenvalue weighted by Crippen LogP contribution is 2.67. The first-order valence-corrected chi connectivity index (χ1v) is 15.1. The van der Waals surface area contributed by atoms with E-state index in [1.807, 2.05) is 48.5 Å². The summed E-state index contributed by atoms with van der Waals surface area (Å²) in [6.45, 7) is 9.68. The Morgan fingerprint density at radius 2 is 1.98 bits per heavy atom. The van der Waals surface area contributed by atoms with Crippen LogP contribution in [0, 0.1) is 11.8 Å². The highest BCUT2D eigenvalue weighted by atomic mass is 32.2. The fraction of sp³-hybridized carbons (Fsp3) is 0.469. The smallest absolute Gasteiger partial charge is 0.310 e. The van der Waals surface area contributed by atoms with E-state index in [0.29, 0.717) is 13.0 Å². The number of anilines is 1. The van der Waals surface area contributed by atoms with Crippen LogP contribution in [0.15, 0.2) is 67.8 Å². The van der Waals surface area contributed by atoms with Crippen molar-refractivity contribution in [3.8, 4) is 0 Å². The summed E-state index contributed by atoms with van der Waals surface area (Å²) >= 11 is 1.61. The van der Waals surface area contributed by atoms with E-state index >= 15 is 0 Å². The highest BCUT2D eigenvalue weighted by molar-refractivity contribution is 8.02. The summed E-state index contributed by atoms with van der Waals surface area (Å²) in [6, 6.07) is 12.5. The third-order valence-electron chi connectivity index (χ3n) is 8.65. The molecule has 3 aliphatic rings. The molecule has 0 saturated carbocycles. The summed E-state index contributed by atoms with van der Waals surface area (Å²) in [5, 5.41) is 12.2. The Labute approximate surface area is 240 Å². The molecule has 1 spiro atoms. The van der Waals surface area contributed by atoms with Crippen molar-refractivity contribution in [2.24, 2.45) is 11.8 Å². The molecule has 3 fully saturated rings. The first kappa shape index (κ1) is 28.4. The number of benzene rings is 2. The van der Waals surface area contributed by atoms with Gasteiger partial charge in [-0.05, 0) is 61.9 Å². The minimum absolute atomic E-state index is 0.0648. The van der Waals surface area contributed by atoms with Gasteiger partial charge >= 0.3 is 5.97 Å². The molecule has 2 aromatic carbocycles. The molecule has 3 aliphatic heterocycles. The van der Waals surface area contributed by atoms with Crippen LogP contribution < -0.4 is 4.90 Å². The number of carbonyl (C=O) groups excluding carboxylic acids is 3. The van der Waals surface area contributed by atoms with E-state index in [4.69, 9.17) is 4.74 Å². The second kappa shape index (κ2) is 11.8. The maximum atomic E-state index is 14.6. The number of allylic oxidation sites excluding steroid dienone is 1. The molecule has 6 atom stereocenters. The van der Waals surface area contributed by atoms with Crippen LogP contribution in [0.1, 0.15) is 39.0 Å². The number of ether oxygens (including phenoxy) is 1. The van der Waals surface area contributed by atoms with Crippen LogP contribution >= 0.6 is 11.8 Å². The van der Waals surface area contributed by atoms with E-state index in [1.165, 1.54) is 0 Å². The van der Waals surface area contributed by atoms with Gasteiger partial charge in [0.25, 0.3) is 5.91 Å². The maximum Gasteiger partial charge on any atom is 0.310 e. The number of aliphatic hydroxyl groups is 1. The number of unbranched alkanes of at least 4 members (excludes halogenated alkanes) is 2. The SMILES string of the molecule is C=CCCCCOC(=O)[C@@H]1[C@H]2C(=O)N([C@H](C)CO)C(C(=O)N(CC=C)c3ccc4ccccc4c3)C23CC[C@H]1S3. The number of fused-ring (bicyclic) bond motifs is 2. The monoisotopic (exact) mass is 562 g/mol. The summed E-state index contributed by atoms with van der Waals surface area (Å²) in [7, 11) is 0. The van der Waals surface area contributed by atoms with Crippen LogP contribution in [0.5, 0.6) is 0 Å². The number of hydrogen-bond donors (Lipinski definition) is 1. The molecule has 1 N–H and O–H groups in total. The molecule has 2 bridgehead atoms. The number of hydrogen-bond acceptors (Lipinski definition) is 6. The number of amides is 2. The van der Waals surface area contributed by atoms with Crippen molar-refractivity contribution < 1.29 is 24.2 Å². The van der Waals surface area contributed by atoms with E-state index < -0.39 is 28.7 Å². The van der Waals surface area contributed by atoms with Crippen LogP contribution in [-0.4, -0.2) is 69.6 Å². The van der Waals surface area contributed by atoms with Crippen molar-refractivity contribution in [1.29, 1.82) is 0 Å². The van der Waals surface area contributed by atoms with E-state index in [2.05, 4.69) is 13.2 Å². The molecule has 0 aromatic heterocycles. The Hall–Kier alpha value is -3.10. The molecule has 5 rings (SSSR count). The zero-order chi connectivity index (χ0) is 28.4. The standard InChI is InChI=1S/C32H38N2O5S/c1-4-6-7-10-18-39-31(38)26-25-15-16-32(40-25)27(26)29(36)34(21(3)20-35)28(32)30(37)33(17-5-2)24-14-13-22-11-8-9-12-23(22)19-24/h4-5,8-9,11-14,19,21,25-28,35H,1-2,6-7,10,15-18,20H2,3H3/t21-,25-,26+,27+,28?,32?/m1/s1. The molecule has 7 nitrogen and oxygen atoms in total. The molecule has 212 valence electrons. The van der Waals surface area contributed by atoms with Gasteiger partial charge in [-0.2, -0.15) is 0 Å². The van der Waals surface area contributed by atoms with Crippen LogP contribution in [0.2, 0.25) is 0 Å². The first-order valence-electron chi connectivity index (χ1n) is 14.2. The minimum atomic E-state index is -0.807. The maximum absolute atomic E-state index is 14.6. The van der Waals surface area contributed by atoms with Crippen molar-refractivity contribution in [3.05, 3.63) is 67.8 Å². The lowest BCUT2D eigenvalue weighted by atomic mass is 9.71. The van der Waals surface area contributed by atoms with Gasteiger partial charge < -0.3 is 19.6 Å². The molecule has 0 radical (unpaired) electrons. The van der Waals surface area contributed by atoms with Crippen molar-refractivity contribution in [1.82, 2.24) is 4.90 Å². The molecular formula is C32H38N2O5S. The minimum Gasteiger partial charge on any atom is -0.465 e. The van der Waals surface area contributed by atoms with Gasteiger partial charge in [0.05, 0.1) is 35.8 Å². The topological polar surface area (TPSA) is 87.1 Å². The lowest BCUT2D eigenvalue weighted by molar-refractivity contribution is -0.154. The predicted octanol–water partition coefficient (Wildman–Crippen LogP) is 4.73. The largest absolute Gasteiger partial charge is 0.465 e. The summed E-state index contributed by atoms with van der Waals surface area (Å²) < 4.78 is 4.93. The zero-order valence-electron chi connectivity index (χ0n) is 23.0. The van der Waals surface area contributed by atoms with Crippen molar-refractivity contribution in [2.75, 3.05) is 24.7 Å². The lowest BCUT2D eigenvalue weighted by Gasteiger charge is -2.38. The molecule has 3 saturated heterocycles. The predicted molar refractivity (Wildman–Crippen MR) is 159 cm³/mol. The molecule has 8 heteroatoms.